The number of benzene rings is 2. The lowest BCUT2D eigenvalue weighted by molar-refractivity contribution is -0.140. The molecule has 1 saturated heterocycles. The summed E-state index contributed by atoms with van der Waals surface area (Å²) >= 11 is 0. The van der Waals surface area contributed by atoms with Crippen molar-refractivity contribution in [1.29, 1.82) is 0 Å². The summed E-state index contributed by atoms with van der Waals surface area (Å²) < 4.78 is 80.3. The number of anilines is 1. The second-order valence-electron chi connectivity index (χ2n) is 8.36. The molecule has 4 rings (SSSR count). The van der Waals surface area contributed by atoms with Crippen LogP contribution in [-0.2, 0) is 27.4 Å². The van der Waals surface area contributed by atoms with Crippen LogP contribution in [0.3, 0.4) is 0 Å². The van der Waals surface area contributed by atoms with Crippen molar-refractivity contribution < 1.29 is 35.9 Å². The highest BCUT2D eigenvalue weighted by atomic mass is 32.2. The van der Waals surface area contributed by atoms with Crippen LogP contribution in [0.2, 0.25) is 0 Å². The Kier molecular flexibility index (Phi) is 5.90. The number of hydrogen-bond acceptors (Lipinski definition) is 4. The van der Waals surface area contributed by atoms with E-state index in [2.05, 4.69) is 0 Å². The SMILES string of the molecule is C[C@H]1CN(S(=O)(=O)c2ccc3c(c2)C(C(=O)O)CC3)CCN1c1ccc(C(F)(F)F)c(F)c1. The van der Waals surface area contributed by atoms with Gasteiger partial charge in [-0.2, -0.15) is 17.5 Å². The van der Waals surface area contributed by atoms with Gasteiger partial charge in [0.25, 0.3) is 0 Å². The van der Waals surface area contributed by atoms with Crippen LogP contribution >= 0.6 is 0 Å². The van der Waals surface area contributed by atoms with Crippen LogP contribution in [0, 0.1) is 5.82 Å². The maximum absolute atomic E-state index is 14.0. The minimum atomic E-state index is -4.80. The van der Waals surface area contributed by atoms with E-state index in [4.69, 9.17) is 0 Å². The highest BCUT2D eigenvalue weighted by Gasteiger charge is 2.37. The number of sulfonamides is 1. The van der Waals surface area contributed by atoms with Gasteiger partial charge in [-0.3, -0.25) is 4.79 Å². The zero-order valence-corrected chi connectivity index (χ0v) is 18.5. The fourth-order valence-electron chi connectivity index (χ4n) is 4.59. The van der Waals surface area contributed by atoms with E-state index in [9.17, 15) is 35.9 Å². The minimum absolute atomic E-state index is 0.00984. The lowest BCUT2D eigenvalue weighted by Crippen LogP contribution is -2.53. The monoisotopic (exact) mass is 486 g/mol. The predicted octanol–water partition coefficient (Wildman–Crippen LogP) is 3.86. The molecule has 0 spiro atoms. The second-order valence-corrected chi connectivity index (χ2v) is 10.3. The van der Waals surface area contributed by atoms with Crippen molar-refractivity contribution in [3.05, 3.63) is 58.9 Å². The Balaban J connectivity index is 1.54. The van der Waals surface area contributed by atoms with Crippen LogP contribution in [0.15, 0.2) is 41.3 Å². The number of nitrogens with zero attached hydrogens (tertiary/aromatic N) is 2. The van der Waals surface area contributed by atoms with Crippen LogP contribution in [0.4, 0.5) is 23.2 Å². The number of aryl methyl sites for hydroxylation is 1. The first-order valence-electron chi connectivity index (χ1n) is 10.4. The lowest BCUT2D eigenvalue weighted by atomic mass is 10.0. The van der Waals surface area contributed by atoms with Crippen molar-refractivity contribution in [2.75, 3.05) is 24.5 Å². The normalized spacial score (nSPS) is 21.8. The maximum Gasteiger partial charge on any atom is 0.419 e. The standard InChI is InChI=1S/C22H22F4N2O4S/c1-13-12-27(8-9-28(13)15-4-7-19(20(23)10-15)22(24,25)26)33(31,32)16-5-2-14-3-6-17(21(29)30)18(14)11-16/h2,4-5,7,10-11,13,17H,3,6,8-9,12H2,1H3,(H,29,30)/t13-,17?/m0/s1. The topological polar surface area (TPSA) is 77.9 Å². The van der Waals surface area contributed by atoms with E-state index in [1.807, 2.05) is 0 Å². The molecule has 1 aliphatic heterocycles. The number of fused-ring (bicyclic) bond motifs is 1. The van der Waals surface area contributed by atoms with Gasteiger partial charge in [0.1, 0.15) is 5.82 Å². The minimum Gasteiger partial charge on any atom is -0.481 e. The molecule has 2 atom stereocenters. The quantitative estimate of drug-likeness (QED) is 0.665. The summed E-state index contributed by atoms with van der Waals surface area (Å²) in [5.41, 5.74) is 0.225. The van der Waals surface area contributed by atoms with Crippen LogP contribution < -0.4 is 4.90 Å². The Bertz CT molecular complexity index is 1200. The van der Waals surface area contributed by atoms with Gasteiger partial charge in [-0.05, 0) is 61.2 Å². The molecule has 0 bridgehead atoms. The first-order valence-corrected chi connectivity index (χ1v) is 11.8. The highest BCUT2D eigenvalue weighted by Crippen LogP contribution is 2.36. The van der Waals surface area contributed by atoms with E-state index in [1.54, 1.807) is 17.9 Å². The lowest BCUT2D eigenvalue weighted by Gasteiger charge is -2.40. The average molecular weight is 486 g/mol. The number of alkyl halides is 3. The number of piperazine rings is 1. The molecule has 0 amide bonds. The first kappa shape index (κ1) is 23.5. The number of carboxylic acid groups (broad SMARTS) is 1. The fraction of sp³-hybridized carbons (Fsp3) is 0.409. The Labute approximate surface area is 188 Å². The van der Waals surface area contributed by atoms with E-state index in [0.717, 1.165) is 11.6 Å². The summed E-state index contributed by atoms with van der Waals surface area (Å²) in [6.07, 6.45) is -3.80. The van der Waals surface area contributed by atoms with Gasteiger partial charge < -0.3 is 10.0 Å². The van der Waals surface area contributed by atoms with Crippen molar-refractivity contribution in [3.63, 3.8) is 0 Å². The van der Waals surface area contributed by atoms with Crippen molar-refractivity contribution in [2.45, 2.75) is 42.8 Å². The zero-order chi connectivity index (χ0) is 24.1. The van der Waals surface area contributed by atoms with Gasteiger partial charge in [-0.25, -0.2) is 12.8 Å². The Morgan fingerprint density at radius 3 is 2.45 bits per heavy atom. The zero-order valence-electron chi connectivity index (χ0n) is 17.6. The molecule has 2 aliphatic rings. The summed E-state index contributed by atoms with van der Waals surface area (Å²) in [6, 6.07) is 6.81. The number of hydrogen-bond donors (Lipinski definition) is 1. The molecular weight excluding hydrogens is 464 g/mol. The molecular formula is C22H22F4N2O4S. The molecule has 0 saturated carbocycles. The van der Waals surface area contributed by atoms with Crippen molar-refractivity contribution in [3.8, 4) is 0 Å². The molecule has 2 aromatic carbocycles. The molecule has 2 aromatic rings. The number of carbonyl (C=O) groups is 1. The summed E-state index contributed by atoms with van der Waals surface area (Å²) in [5, 5.41) is 9.40. The maximum atomic E-state index is 14.0. The number of carboxylic acids is 1. The molecule has 1 unspecified atom stereocenters. The third-order valence-corrected chi connectivity index (χ3v) is 8.17. The Morgan fingerprint density at radius 2 is 1.85 bits per heavy atom. The van der Waals surface area contributed by atoms with E-state index >= 15 is 0 Å². The van der Waals surface area contributed by atoms with Crippen LogP contribution in [0.25, 0.3) is 0 Å². The summed E-state index contributed by atoms with van der Waals surface area (Å²) in [5.74, 6) is -3.11. The molecule has 1 N–H and O–H groups in total. The highest BCUT2D eigenvalue weighted by molar-refractivity contribution is 7.89. The molecule has 178 valence electrons. The predicted molar refractivity (Wildman–Crippen MR) is 112 cm³/mol. The van der Waals surface area contributed by atoms with Crippen LogP contribution in [0.1, 0.15) is 36.0 Å². The molecule has 6 nitrogen and oxygen atoms in total. The van der Waals surface area contributed by atoms with E-state index in [-0.39, 0.29) is 30.2 Å². The molecule has 1 fully saturated rings. The fourth-order valence-corrected chi connectivity index (χ4v) is 6.13. The summed E-state index contributed by atoms with van der Waals surface area (Å²) in [4.78, 5) is 13.2. The average Bonchev–Trinajstić information content (AvgIpc) is 3.16. The summed E-state index contributed by atoms with van der Waals surface area (Å²) in [6.45, 7) is 1.97. The molecule has 0 radical (unpaired) electrons. The van der Waals surface area contributed by atoms with Crippen LogP contribution in [-0.4, -0.2) is 49.5 Å². The Hall–Kier alpha value is -2.66. The molecule has 11 heteroatoms. The molecule has 33 heavy (non-hydrogen) atoms. The molecule has 1 heterocycles. The molecule has 0 aromatic heterocycles. The van der Waals surface area contributed by atoms with E-state index < -0.39 is 45.5 Å². The summed E-state index contributed by atoms with van der Waals surface area (Å²) in [7, 11) is -3.91. The Morgan fingerprint density at radius 1 is 1.12 bits per heavy atom. The smallest absolute Gasteiger partial charge is 0.419 e. The van der Waals surface area contributed by atoms with Crippen molar-refractivity contribution in [2.24, 2.45) is 0 Å². The number of halogens is 4. The van der Waals surface area contributed by atoms with E-state index in [1.165, 1.54) is 22.5 Å². The van der Waals surface area contributed by atoms with Gasteiger partial charge in [0.15, 0.2) is 0 Å². The van der Waals surface area contributed by atoms with Gasteiger partial charge in [0.05, 0.1) is 16.4 Å². The largest absolute Gasteiger partial charge is 0.481 e. The third kappa shape index (κ3) is 4.31. The molecule has 1 aliphatic carbocycles. The van der Waals surface area contributed by atoms with Gasteiger partial charge in [-0.15, -0.1) is 0 Å². The van der Waals surface area contributed by atoms with Gasteiger partial charge in [0, 0.05) is 31.4 Å². The van der Waals surface area contributed by atoms with Crippen molar-refractivity contribution >= 4 is 21.7 Å². The van der Waals surface area contributed by atoms with Gasteiger partial charge in [0.2, 0.25) is 10.0 Å². The third-order valence-electron chi connectivity index (χ3n) is 6.31. The number of rotatable bonds is 4. The van der Waals surface area contributed by atoms with Gasteiger partial charge >= 0.3 is 12.1 Å². The van der Waals surface area contributed by atoms with Crippen molar-refractivity contribution in [1.82, 2.24) is 4.31 Å². The number of aliphatic carboxylic acids is 1. The van der Waals surface area contributed by atoms with E-state index in [0.29, 0.717) is 24.5 Å². The van der Waals surface area contributed by atoms with Gasteiger partial charge in [-0.1, -0.05) is 6.07 Å². The first-order chi connectivity index (χ1) is 15.4. The van der Waals surface area contributed by atoms with Crippen LogP contribution in [0.5, 0.6) is 0 Å². The second kappa shape index (κ2) is 8.28.